The van der Waals surface area contributed by atoms with Gasteiger partial charge in [0, 0.05) is 19.6 Å². The summed E-state index contributed by atoms with van der Waals surface area (Å²) in [5.41, 5.74) is 0.625. The molecule has 2 heterocycles. The molecule has 0 amide bonds. The van der Waals surface area contributed by atoms with Crippen molar-refractivity contribution in [2.75, 3.05) is 33.2 Å². The fourth-order valence-electron chi connectivity index (χ4n) is 2.52. The standard InChI is InChI=1S/C9H17ClN2/c1-11-5-2-9(8-11)3-6-12(10)7-4-9/h2-8H2,1H3. The minimum atomic E-state index is 0.625. The van der Waals surface area contributed by atoms with E-state index in [9.17, 15) is 0 Å². The summed E-state index contributed by atoms with van der Waals surface area (Å²) in [6, 6.07) is 0. The van der Waals surface area contributed by atoms with E-state index in [0.717, 1.165) is 13.1 Å². The topological polar surface area (TPSA) is 6.48 Å². The van der Waals surface area contributed by atoms with E-state index in [0.29, 0.717) is 5.41 Å². The highest BCUT2D eigenvalue weighted by atomic mass is 35.5. The molecule has 2 fully saturated rings. The van der Waals surface area contributed by atoms with Crippen molar-refractivity contribution in [1.82, 2.24) is 9.32 Å². The molecule has 0 aromatic heterocycles. The molecule has 0 saturated carbocycles. The lowest BCUT2D eigenvalue weighted by atomic mass is 9.78. The smallest absolute Gasteiger partial charge is 0.0144 e. The Morgan fingerprint density at radius 2 is 1.67 bits per heavy atom. The Labute approximate surface area is 79.6 Å². The summed E-state index contributed by atoms with van der Waals surface area (Å²) in [5, 5.41) is 0. The number of halogens is 1. The molecule has 2 aliphatic heterocycles. The van der Waals surface area contributed by atoms with E-state index in [-0.39, 0.29) is 0 Å². The summed E-state index contributed by atoms with van der Waals surface area (Å²) >= 11 is 5.93. The van der Waals surface area contributed by atoms with Gasteiger partial charge in [-0.1, -0.05) is 0 Å². The summed E-state index contributed by atoms with van der Waals surface area (Å²) in [6.45, 7) is 4.73. The van der Waals surface area contributed by atoms with Crippen LogP contribution < -0.4 is 0 Å². The zero-order valence-corrected chi connectivity index (χ0v) is 8.48. The van der Waals surface area contributed by atoms with E-state index in [1.165, 1.54) is 32.4 Å². The van der Waals surface area contributed by atoms with Crippen molar-refractivity contribution in [3.05, 3.63) is 0 Å². The predicted octanol–water partition coefficient (Wildman–Crippen LogP) is 1.56. The van der Waals surface area contributed by atoms with E-state index < -0.39 is 0 Å². The first-order valence-electron chi connectivity index (χ1n) is 4.80. The van der Waals surface area contributed by atoms with Crippen LogP contribution in [0.3, 0.4) is 0 Å². The van der Waals surface area contributed by atoms with Gasteiger partial charge in [0.15, 0.2) is 0 Å². The molecular formula is C9H17ClN2. The molecule has 0 unspecified atom stereocenters. The zero-order valence-electron chi connectivity index (χ0n) is 7.72. The predicted molar refractivity (Wildman–Crippen MR) is 51.2 cm³/mol. The Morgan fingerprint density at radius 1 is 1.08 bits per heavy atom. The summed E-state index contributed by atoms with van der Waals surface area (Å²) in [7, 11) is 2.22. The molecule has 2 rings (SSSR count). The second-order valence-corrected chi connectivity index (χ2v) is 4.88. The van der Waals surface area contributed by atoms with Crippen LogP contribution in [0.15, 0.2) is 0 Å². The fraction of sp³-hybridized carbons (Fsp3) is 1.00. The SMILES string of the molecule is CN1CCC2(CCN(Cl)CC2)C1. The Balaban J connectivity index is 1.95. The first kappa shape index (κ1) is 8.79. The van der Waals surface area contributed by atoms with Gasteiger partial charge in [0.2, 0.25) is 0 Å². The highest BCUT2D eigenvalue weighted by Crippen LogP contribution is 2.39. The number of nitrogens with zero attached hydrogens (tertiary/aromatic N) is 2. The van der Waals surface area contributed by atoms with Gasteiger partial charge in [-0.25, -0.2) is 4.42 Å². The molecule has 2 aliphatic rings. The molecule has 2 nitrogen and oxygen atoms in total. The molecule has 0 atom stereocenters. The average molecular weight is 189 g/mol. The molecule has 0 aliphatic carbocycles. The average Bonchev–Trinajstić information content (AvgIpc) is 2.40. The van der Waals surface area contributed by atoms with E-state index in [1.54, 1.807) is 0 Å². The number of piperidine rings is 1. The summed E-state index contributed by atoms with van der Waals surface area (Å²) in [6.07, 6.45) is 3.97. The maximum absolute atomic E-state index is 5.93. The van der Waals surface area contributed by atoms with E-state index in [2.05, 4.69) is 11.9 Å². The van der Waals surface area contributed by atoms with Gasteiger partial charge in [-0.15, -0.1) is 0 Å². The molecule has 2 saturated heterocycles. The Bertz CT molecular complexity index is 164. The maximum Gasteiger partial charge on any atom is 0.0144 e. The van der Waals surface area contributed by atoms with Crippen LogP contribution >= 0.6 is 11.8 Å². The second-order valence-electron chi connectivity index (χ2n) is 4.40. The van der Waals surface area contributed by atoms with Crippen molar-refractivity contribution < 1.29 is 0 Å². The largest absolute Gasteiger partial charge is 0.306 e. The van der Waals surface area contributed by atoms with Gasteiger partial charge >= 0.3 is 0 Å². The first-order valence-corrected chi connectivity index (χ1v) is 5.13. The number of rotatable bonds is 0. The van der Waals surface area contributed by atoms with Crippen molar-refractivity contribution in [3.8, 4) is 0 Å². The second kappa shape index (κ2) is 3.17. The number of hydrogen-bond acceptors (Lipinski definition) is 2. The Hall–Kier alpha value is 0.210. The van der Waals surface area contributed by atoms with Gasteiger partial charge < -0.3 is 4.90 Å². The molecule has 0 N–H and O–H groups in total. The van der Waals surface area contributed by atoms with Crippen molar-refractivity contribution in [2.45, 2.75) is 19.3 Å². The van der Waals surface area contributed by atoms with Crippen molar-refractivity contribution in [1.29, 1.82) is 0 Å². The lowest BCUT2D eigenvalue weighted by Crippen LogP contribution is -2.37. The lowest BCUT2D eigenvalue weighted by molar-refractivity contribution is 0.163. The summed E-state index contributed by atoms with van der Waals surface area (Å²) in [4.78, 5) is 2.45. The van der Waals surface area contributed by atoms with Crippen LogP contribution in [-0.2, 0) is 0 Å². The molecule has 0 bridgehead atoms. The normalized spacial score (nSPS) is 31.5. The van der Waals surface area contributed by atoms with Crippen LogP contribution in [0.1, 0.15) is 19.3 Å². The molecule has 12 heavy (non-hydrogen) atoms. The molecule has 70 valence electrons. The molecule has 0 radical (unpaired) electrons. The van der Waals surface area contributed by atoms with Crippen LogP contribution in [0.25, 0.3) is 0 Å². The van der Waals surface area contributed by atoms with Crippen LogP contribution in [0.4, 0.5) is 0 Å². The van der Waals surface area contributed by atoms with Crippen LogP contribution in [0.5, 0.6) is 0 Å². The zero-order chi connectivity index (χ0) is 8.60. The van der Waals surface area contributed by atoms with Crippen LogP contribution in [0.2, 0.25) is 0 Å². The molecule has 0 aromatic carbocycles. The van der Waals surface area contributed by atoms with Crippen molar-refractivity contribution in [2.24, 2.45) is 5.41 Å². The Morgan fingerprint density at radius 3 is 2.17 bits per heavy atom. The van der Waals surface area contributed by atoms with Gasteiger partial charge in [0.25, 0.3) is 0 Å². The Kier molecular flexibility index (Phi) is 2.32. The van der Waals surface area contributed by atoms with Gasteiger partial charge in [-0.2, -0.15) is 0 Å². The lowest BCUT2D eigenvalue weighted by Gasteiger charge is -2.36. The van der Waals surface area contributed by atoms with Gasteiger partial charge in [-0.05, 0) is 50.0 Å². The van der Waals surface area contributed by atoms with Gasteiger partial charge in [0.05, 0.1) is 0 Å². The van der Waals surface area contributed by atoms with Crippen LogP contribution in [0, 0.1) is 5.41 Å². The summed E-state index contributed by atoms with van der Waals surface area (Å²) in [5.74, 6) is 0. The number of likely N-dealkylation sites (tertiary alicyclic amines) is 1. The molecule has 3 heteroatoms. The van der Waals surface area contributed by atoms with E-state index in [1.807, 2.05) is 4.42 Å². The van der Waals surface area contributed by atoms with Crippen molar-refractivity contribution in [3.63, 3.8) is 0 Å². The minimum Gasteiger partial charge on any atom is -0.306 e. The third kappa shape index (κ3) is 1.61. The fourth-order valence-corrected chi connectivity index (χ4v) is 2.69. The molecule has 1 spiro atoms. The summed E-state index contributed by atoms with van der Waals surface area (Å²) < 4.78 is 1.93. The van der Waals surface area contributed by atoms with E-state index >= 15 is 0 Å². The van der Waals surface area contributed by atoms with E-state index in [4.69, 9.17) is 11.8 Å². The third-order valence-corrected chi connectivity index (χ3v) is 3.74. The maximum atomic E-state index is 5.93. The minimum absolute atomic E-state index is 0.625. The molecular weight excluding hydrogens is 172 g/mol. The molecule has 0 aromatic rings. The third-order valence-electron chi connectivity index (χ3n) is 3.40. The van der Waals surface area contributed by atoms with Crippen LogP contribution in [-0.4, -0.2) is 42.5 Å². The monoisotopic (exact) mass is 188 g/mol. The first-order chi connectivity index (χ1) is 5.70. The van der Waals surface area contributed by atoms with Crippen molar-refractivity contribution >= 4 is 11.8 Å². The highest BCUT2D eigenvalue weighted by molar-refractivity contribution is 6.13. The van der Waals surface area contributed by atoms with Gasteiger partial charge in [-0.3, -0.25) is 0 Å². The van der Waals surface area contributed by atoms with Gasteiger partial charge in [0.1, 0.15) is 0 Å². The highest BCUT2D eigenvalue weighted by Gasteiger charge is 2.38. The number of hydrogen-bond donors (Lipinski definition) is 0. The quantitative estimate of drug-likeness (QED) is 0.533.